The number of carbonyl (C=O) groups is 3. The lowest BCUT2D eigenvalue weighted by Gasteiger charge is -2.16. The van der Waals surface area contributed by atoms with Gasteiger partial charge in [-0.05, 0) is 97.6 Å². The number of nitrogens with zero attached hydrogens (tertiary/aromatic N) is 1. The minimum atomic E-state index is -0.465. The van der Waals surface area contributed by atoms with Gasteiger partial charge < -0.3 is 20.9 Å². The Balaban J connectivity index is 1.51. The first-order chi connectivity index (χ1) is 21.1. The number of aryl methyl sites for hydroxylation is 2. The second kappa shape index (κ2) is 15.1. The molecule has 44 heavy (non-hydrogen) atoms. The van der Waals surface area contributed by atoms with Crippen LogP contribution in [0, 0.1) is 13.8 Å². The number of thioether (sulfide) groups is 1. The van der Waals surface area contributed by atoms with E-state index in [1.807, 2.05) is 106 Å². The van der Waals surface area contributed by atoms with Crippen molar-refractivity contribution in [1.82, 2.24) is 5.32 Å². The lowest BCUT2D eigenvalue weighted by atomic mass is 10.1. The van der Waals surface area contributed by atoms with Crippen molar-refractivity contribution in [3.8, 4) is 0 Å². The van der Waals surface area contributed by atoms with Gasteiger partial charge in [0.15, 0.2) is 0 Å². The average molecular weight is 607 g/mol. The van der Waals surface area contributed by atoms with Crippen LogP contribution in [-0.2, 0) is 9.59 Å². The van der Waals surface area contributed by atoms with E-state index in [-0.39, 0.29) is 22.8 Å². The van der Waals surface area contributed by atoms with Gasteiger partial charge in [0.25, 0.3) is 11.8 Å². The summed E-state index contributed by atoms with van der Waals surface area (Å²) >= 11 is 1.44. The second-order valence-electron chi connectivity index (χ2n) is 10.6. The standard InChI is InChI=1S/C36H38N4O3S/c1-6-33(36(43)38-29-18-15-24(2)25(3)21-29)44-31-14-10-13-28(23-31)37-35(42)32(39-34(41)27-11-8-7-9-12-27)22-26-16-19-30(20-17-26)40(4)5/h7-23,33H,6H2,1-5H3,(H,37,42)(H,38,43)(H,39,41)/b32-22+. The molecule has 8 heteroatoms. The van der Waals surface area contributed by atoms with Crippen molar-refractivity contribution in [2.45, 2.75) is 37.3 Å². The fourth-order valence-corrected chi connectivity index (χ4v) is 5.37. The molecular weight excluding hydrogens is 568 g/mol. The second-order valence-corrected chi connectivity index (χ2v) is 11.9. The van der Waals surface area contributed by atoms with Crippen LogP contribution in [0.4, 0.5) is 17.1 Å². The summed E-state index contributed by atoms with van der Waals surface area (Å²) in [7, 11) is 3.91. The molecule has 1 unspecified atom stereocenters. The fourth-order valence-electron chi connectivity index (χ4n) is 4.35. The SMILES string of the molecule is CCC(Sc1cccc(NC(=O)/C(=C\c2ccc(N(C)C)cc2)NC(=O)c2ccccc2)c1)C(=O)Nc1ccc(C)c(C)c1. The van der Waals surface area contributed by atoms with Crippen molar-refractivity contribution in [1.29, 1.82) is 0 Å². The monoisotopic (exact) mass is 606 g/mol. The van der Waals surface area contributed by atoms with Gasteiger partial charge in [0.05, 0.1) is 5.25 Å². The molecule has 0 saturated carbocycles. The lowest BCUT2D eigenvalue weighted by molar-refractivity contribution is -0.116. The fraction of sp³-hybridized carbons (Fsp3) is 0.194. The number of nitrogens with one attached hydrogen (secondary N) is 3. The van der Waals surface area contributed by atoms with E-state index in [1.54, 1.807) is 36.4 Å². The summed E-state index contributed by atoms with van der Waals surface area (Å²) in [4.78, 5) is 42.5. The molecule has 0 fully saturated rings. The van der Waals surface area contributed by atoms with Gasteiger partial charge in [0.1, 0.15) is 5.70 Å². The van der Waals surface area contributed by atoms with Crippen LogP contribution in [0.3, 0.4) is 0 Å². The highest BCUT2D eigenvalue weighted by molar-refractivity contribution is 8.00. The number of amides is 3. The van der Waals surface area contributed by atoms with E-state index >= 15 is 0 Å². The smallest absolute Gasteiger partial charge is 0.272 e. The Morgan fingerprint density at radius 3 is 2.16 bits per heavy atom. The molecule has 0 saturated heterocycles. The molecule has 1 atom stereocenters. The minimum absolute atomic E-state index is 0.0793. The summed E-state index contributed by atoms with van der Waals surface area (Å²) < 4.78 is 0. The zero-order chi connectivity index (χ0) is 31.6. The van der Waals surface area contributed by atoms with Gasteiger partial charge in [0.2, 0.25) is 5.91 Å². The molecule has 4 aromatic rings. The van der Waals surface area contributed by atoms with E-state index in [9.17, 15) is 14.4 Å². The quantitative estimate of drug-likeness (QED) is 0.123. The van der Waals surface area contributed by atoms with Crippen LogP contribution in [0.25, 0.3) is 6.08 Å². The molecule has 0 aliphatic heterocycles. The van der Waals surface area contributed by atoms with Crippen LogP contribution in [0.5, 0.6) is 0 Å². The molecule has 0 heterocycles. The van der Waals surface area contributed by atoms with Gasteiger partial charge in [-0.2, -0.15) is 0 Å². The molecule has 0 spiro atoms. The maximum atomic E-state index is 13.5. The van der Waals surface area contributed by atoms with Gasteiger partial charge in [-0.15, -0.1) is 11.8 Å². The number of hydrogen-bond donors (Lipinski definition) is 3. The zero-order valence-corrected chi connectivity index (χ0v) is 26.5. The van der Waals surface area contributed by atoms with Crippen LogP contribution in [0.2, 0.25) is 0 Å². The third kappa shape index (κ3) is 8.84. The minimum Gasteiger partial charge on any atom is -0.378 e. The maximum absolute atomic E-state index is 13.5. The van der Waals surface area contributed by atoms with Crippen LogP contribution < -0.4 is 20.9 Å². The predicted molar refractivity (Wildman–Crippen MR) is 182 cm³/mol. The molecule has 3 N–H and O–H groups in total. The highest BCUT2D eigenvalue weighted by atomic mass is 32.2. The molecule has 0 aromatic heterocycles. The van der Waals surface area contributed by atoms with Gasteiger partial charge in [-0.1, -0.05) is 49.4 Å². The Morgan fingerprint density at radius 1 is 0.795 bits per heavy atom. The number of benzene rings is 4. The van der Waals surface area contributed by atoms with Gasteiger partial charge in [-0.25, -0.2) is 0 Å². The Labute approximate surface area is 263 Å². The summed E-state index contributed by atoms with van der Waals surface area (Å²) in [5, 5.41) is 8.40. The van der Waals surface area contributed by atoms with Crippen molar-refractivity contribution in [2.75, 3.05) is 29.6 Å². The summed E-state index contributed by atoms with van der Waals surface area (Å²) in [5.41, 5.74) is 5.93. The summed E-state index contributed by atoms with van der Waals surface area (Å²) in [6, 6.07) is 29.7. The normalized spacial score (nSPS) is 11.8. The van der Waals surface area contributed by atoms with Crippen molar-refractivity contribution >= 4 is 52.6 Å². The lowest BCUT2D eigenvalue weighted by Crippen LogP contribution is -2.30. The first kappa shape index (κ1) is 32.1. The van der Waals surface area contributed by atoms with Gasteiger partial charge >= 0.3 is 0 Å². The predicted octanol–water partition coefficient (Wildman–Crippen LogP) is 7.29. The number of hydrogen-bond acceptors (Lipinski definition) is 5. The molecule has 4 aromatic carbocycles. The molecule has 0 aliphatic rings. The highest BCUT2D eigenvalue weighted by Gasteiger charge is 2.20. The number of anilines is 3. The van der Waals surface area contributed by atoms with Crippen LogP contribution in [0.1, 0.15) is 40.4 Å². The number of rotatable bonds is 11. The molecular formula is C36H38N4O3S. The third-order valence-corrected chi connectivity index (χ3v) is 8.42. The Morgan fingerprint density at radius 2 is 1.50 bits per heavy atom. The Kier molecular flexibility index (Phi) is 11.0. The van der Waals surface area contributed by atoms with E-state index in [0.717, 1.165) is 27.4 Å². The Hall–Kier alpha value is -4.82. The van der Waals surface area contributed by atoms with Crippen molar-refractivity contribution < 1.29 is 14.4 Å². The maximum Gasteiger partial charge on any atom is 0.272 e. The molecule has 0 bridgehead atoms. The van der Waals surface area contributed by atoms with E-state index in [0.29, 0.717) is 17.7 Å². The first-order valence-corrected chi connectivity index (χ1v) is 15.3. The molecule has 0 radical (unpaired) electrons. The van der Waals surface area contributed by atoms with Crippen LogP contribution in [0.15, 0.2) is 108 Å². The average Bonchev–Trinajstić information content (AvgIpc) is 3.02. The van der Waals surface area contributed by atoms with Crippen LogP contribution >= 0.6 is 11.8 Å². The molecule has 0 aliphatic carbocycles. The third-order valence-electron chi connectivity index (χ3n) is 7.06. The first-order valence-electron chi connectivity index (χ1n) is 14.4. The van der Waals surface area contributed by atoms with Crippen LogP contribution in [-0.4, -0.2) is 37.1 Å². The molecule has 7 nitrogen and oxygen atoms in total. The van der Waals surface area contributed by atoms with E-state index in [2.05, 4.69) is 16.0 Å². The molecule has 4 rings (SSSR count). The van der Waals surface area contributed by atoms with E-state index < -0.39 is 5.91 Å². The van der Waals surface area contributed by atoms with E-state index in [4.69, 9.17) is 0 Å². The largest absolute Gasteiger partial charge is 0.378 e. The molecule has 3 amide bonds. The topological polar surface area (TPSA) is 90.5 Å². The zero-order valence-electron chi connectivity index (χ0n) is 25.7. The summed E-state index contributed by atoms with van der Waals surface area (Å²) in [6.45, 7) is 6.03. The summed E-state index contributed by atoms with van der Waals surface area (Å²) in [5.74, 6) is -0.932. The van der Waals surface area contributed by atoms with Gasteiger partial charge in [0, 0.05) is 41.6 Å². The molecule has 226 valence electrons. The van der Waals surface area contributed by atoms with E-state index in [1.165, 1.54) is 17.3 Å². The summed E-state index contributed by atoms with van der Waals surface area (Å²) in [6.07, 6.45) is 2.28. The van der Waals surface area contributed by atoms with Gasteiger partial charge in [-0.3, -0.25) is 14.4 Å². The Bertz CT molecular complexity index is 1650. The van der Waals surface area contributed by atoms with Crippen molar-refractivity contribution in [2.24, 2.45) is 0 Å². The van der Waals surface area contributed by atoms with Crippen molar-refractivity contribution in [3.63, 3.8) is 0 Å². The van der Waals surface area contributed by atoms with Crippen molar-refractivity contribution in [3.05, 3.63) is 125 Å². The number of carbonyl (C=O) groups excluding carboxylic acids is 3. The highest BCUT2D eigenvalue weighted by Crippen LogP contribution is 2.29.